The van der Waals surface area contributed by atoms with Gasteiger partial charge in [0.15, 0.2) is 5.78 Å². The highest BCUT2D eigenvalue weighted by molar-refractivity contribution is 9.10. The van der Waals surface area contributed by atoms with Crippen molar-refractivity contribution in [1.29, 1.82) is 0 Å². The van der Waals surface area contributed by atoms with Gasteiger partial charge in [-0.2, -0.15) is 0 Å². The van der Waals surface area contributed by atoms with Crippen molar-refractivity contribution in [2.45, 2.75) is 6.42 Å². The second-order valence-electron chi connectivity index (χ2n) is 3.85. The highest BCUT2D eigenvalue weighted by Gasteiger charge is 2.31. The van der Waals surface area contributed by atoms with E-state index in [1.807, 2.05) is 0 Å². The third kappa shape index (κ3) is 2.28. The number of ketones is 1. The van der Waals surface area contributed by atoms with Crippen molar-refractivity contribution < 1.29 is 19.1 Å². The number of methoxy groups -OCH3 is 1. The molecule has 6 heteroatoms. The van der Waals surface area contributed by atoms with E-state index in [-0.39, 0.29) is 30.2 Å². The summed E-state index contributed by atoms with van der Waals surface area (Å²) in [5.74, 6) is -0.996. The molecular weight excluding hydrogens is 302 g/mol. The maximum Gasteiger partial charge on any atom is 0.340 e. The molecule has 0 unspecified atom stereocenters. The van der Waals surface area contributed by atoms with Crippen LogP contribution in [0.15, 0.2) is 22.7 Å². The van der Waals surface area contributed by atoms with Gasteiger partial charge in [0.05, 0.1) is 31.3 Å². The van der Waals surface area contributed by atoms with Crippen LogP contribution in [0.2, 0.25) is 0 Å². The topological polar surface area (TPSA) is 63.7 Å². The molecule has 0 spiro atoms. The first-order chi connectivity index (χ1) is 8.52. The fourth-order valence-electron chi connectivity index (χ4n) is 1.82. The molecule has 94 valence electrons. The number of carbonyl (C=O) groups is 3. The third-order valence-electron chi connectivity index (χ3n) is 2.64. The Bertz CT molecular complexity index is 541. The summed E-state index contributed by atoms with van der Waals surface area (Å²) < 4.78 is 5.37. The number of rotatable bonds is 2. The van der Waals surface area contributed by atoms with Gasteiger partial charge >= 0.3 is 5.97 Å². The molecule has 1 aliphatic heterocycles. The Morgan fingerprint density at radius 2 is 2.11 bits per heavy atom. The van der Waals surface area contributed by atoms with Crippen molar-refractivity contribution >= 4 is 39.3 Å². The number of hydrogen-bond donors (Lipinski definition) is 0. The van der Waals surface area contributed by atoms with Gasteiger partial charge in [-0.3, -0.25) is 9.59 Å². The lowest BCUT2D eigenvalue weighted by Gasteiger charge is -2.18. The molecule has 0 N–H and O–H groups in total. The molecule has 1 fully saturated rings. The van der Waals surface area contributed by atoms with Gasteiger partial charge in [0.1, 0.15) is 0 Å². The van der Waals surface area contributed by atoms with Crippen LogP contribution < -0.4 is 4.90 Å². The Hall–Kier alpha value is -1.69. The molecule has 0 atom stereocenters. The summed E-state index contributed by atoms with van der Waals surface area (Å²) in [6, 6.07) is 4.89. The number of hydrogen-bond acceptors (Lipinski definition) is 4. The molecule has 1 heterocycles. The van der Waals surface area contributed by atoms with Crippen LogP contribution in [0, 0.1) is 0 Å². The van der Waals surface area contributed by atoms with Crippen LogP contribution in [0.1, 0.15) is 16.8 Å². The number of benzene rings is 1. The molecule has 1 aromatic rings. The molecule has 2 rings (SSSR count). The summed E-state index contributed by atoms with van der Waals surface area (Å²) in [6.07, 6.45) is -0.114. The predicted octanol–water partition coefficient (Wildman–Crippen LogP) is 1.54. The van der Waals surface area contributed by atoms with E-state index in [1.54, 1.807) is 18.2 Å². The van der Waals surface area contributed by atoms with E-state index in [9.17, 15) is 14.4 Å². The third-order valence-corrected chi connectivity index (χ3v) is 3.13. The molecular formula is C12H10BrNO4. The minimum absolute atomic E-state index is 0.00442. The monoisotopic (exact) mass is 311 g/mol. The first kappa shape index (κ1) is 12.8. The molecule has 18 heavy (non-hydrogen) atoms. The summed E-state index contributed by atoms with van der Waals surface area (Å²) in [5, 5.41) is 0. The highest BCUT2D eigenvalue weighted by atomic mass is 79.9. The van der Waals surface area contributed by atoms with E-state index in [0.717, 1.165) is 0 Å². The first-order valence-corrected chi connectivity index (χ1v) is 6.02. The number of esters is 1. The van der Waals surface area contributed by atoms with Crippen LogP contribution in [0.3, 0.4) is 0 Å². The van der Waals surface area contributed by atoms with E-state index < -0.39 is 5.97 Å². The molecule has 0 aliphatic carbocycles. The van der Waals surface area contributed by atoms with Crippen molar-refractivity contribution in [1.82, 2.24) is 0 Å². The Morgan fingerprint density at radius 3 is 2.67 bits per heavy atom. The maximum atomic E-state index is 11.7. The second kappa shape index (κ2) is 4.89. The fraction of sp³-hybridized carbons (Fsp3) is 0.250. The lowest BCUT2D eigenvalue weighted by atomic mass is 10.1. The summed E-state index contributed by atoms with van der Waals surface area (Å²) in [4.78, 5) is 35.9. The first-order valence-electron chi connectivity index (χ1n) is 5.23. The van der Waals surface area contributed by atoms with Crippen LogP contribution in [0.5, 0.6) is 0 Å². The predicted molar refractivity (Wildman–Crippen MR) is 67.5 cm³/mol. The molecule has 0 bridgehead atoms. The van der Waals surface area contributed by atoms with Crippen LogP contribution in [0.25, 0.3) is 0 Å². The molecule has 1 amide bonds. The van der Waals surface area contributed by atoms with Crippen molar-refractivity contribution in [3.63, 3.8) is 0 Å². The smallest absolute Gasteiger partial charge is 0.340 e. The summed E-state index contributed by atoms with van der Waals surface area (Å²) in [6.45, 7) is 0.00442. The molecule has 5 nitrogen and oxygen atoms in total. The Kier molecular flexibility index (Phi) is 3.47. The maximum absolute atomic E-state index is 11.7. The van der Waals surface area contributed by atoms with E-state index in [2.05, 4.69) is 20.7 Å². The SMILES string of the molecule is COC(=O)c1cc(Br)ccc1N1CC(=O)CC1=O. The number of amides is 1. The Balaban J connectivity index is 2.47. The largest absolute Gasteiger partial charge is 0.465 e. The lowest BCUT2D eigenvalue weighted by molar-refractivity contribution is -0.121. The van der Waals surface area contributed by atoms with Crippen LogP contribution in [-0.4, -0.2) is 31.3 Å². The zero-order valence-electron chi connectivity index (χ0n) is 9.60. The van der Waals surface area contributed by atoms with Gasteiger partial charge in [0.2, 0.25) is 5.91 Å². The van der Waals surface area contributed by atoms with E-state index in [1.165, 1.54) is 12.0 Å². The fourth-order valence-corrected chi connectivity index (χ4v) is 2.18. The van der Waals surface area contributed by atoms with Gasteiger partial charge in [0.25, 0.3) is 0 Å². The van der Waals surface area contributed by atoms with E-state index >= 15 is 0 Å². The number of halogens is 1. The lowest BCUT2D eigenvalue weighted by Crippen LogP contribution is -2.26. The van der Waals surface area contributed by atoms with E-state index in [4.69, 9.17) is 0 Å². The molecule has 1 aliphatic rings. The Labute approximate surface area is 112 Å². The molecule has 0 saturated carbocycles. The van der Waals surface area contributed by atoms with Crippen molar-refractivity contribution in [3.8, 4) is 0 Å². The van der Waals surface area contributed by atoms with Gasteiger partial charge < -0.3 is 9.64 Å². The number of anilines is 1. The van der Waals surface area contributed by atoms with Crippen LogP contribution in [0.4, 0.5) is 5.69 Å². The zero-order chi connectivity index (χ0) is 13.3. The van der Waals surface area contributed by atoms with Gasteiger partial charge in [0, 0.05) is 4.47 Å². The summed E-state index contributed by atoms with van der Waals surface area (Å²) in [7, 11) is 1.27. The zero-order valence-corrected chi connectivity index (χ0v) is 11.2. The average molecular weight is 312 g/mol. The normalized spacial score (nSPS) is 15.1. The number of Topliss-reactive ketones (excluding diaryl/α,β-unsaturated/α-hetero) is 1. The van der Waals surface area contributed by atoms with Gasteiger partial charge in [-0.1, -0.05) is 15.9 Å². The quantitative estimate of drug-likeness (QED) is 0.614. The Morgan fingerprint density at radius 1 is 1.39 bits per heavy atom. The molecule has 0 radical (unpaired) electrons. The standard InChI is InChI=1S/C12H10BrNO4/c1-18-12(17)9-4-7(13)2-3-10(9)14-6-8(15)5-11(14)16/h2-4H,5-6H2,1H3. The summed E-state index contributed by atoms with van der Waals surface area (Å²) >= 11 is 3.25. The highest BCUT2D eigenvalue weighted by Crippen LogP contribution is 2.28. The van der Waals surface area contributed by atoms with Gasteiger partial charge in [-0.25, -0.2) is 4.79 Å². The van der Waals surface area contributed by atoms with E-state index in [0.29, 0.717) is 10.2 Å². The van der Waals surface area contributed by atoms with Crippen molar-refractivity contribution in [2.75, 3.05) is 18.6 Å². The van der Waals surface area contributed by atoms with Crippen molar-refractivity contribution in [3.05, 3.63) is 28.2 Å². The van der Waals surface area contributed by atoms with Crippen molar-refractivity contribution in [2.24, 2.45) is 0 Å². The van der Waals surface area contributed by atoms with Gasteiger partial charge in [-0.05, 0) is 18.2 Å². The van der Waals surface area contributed by atoms with Gasteiger partial charge in [-0.15, -0.1) is 0 Å². The number of ether oxygens (including phenoxy) is 1. The number of nitrogens with zero attached hydrogens (tertiary/aromatic N) is 1. The molecule has 0 aromatic heterocycles. The van der Waals surface area contributed by atoms with Crippen LogP contribution >= 0.6 is 15.9 Å². The number of carbonyl (C=O) groups excluding carboxylic acids is 3. The van der Waals surface area contributed by atoms with Crippen LogP contribution in [-0.2, 0) is 14.3 Å². The second-order valence-corrected chi connectivity index (χ2v) is 4.76. The molecule has 1 aromatic carbocycles. The minimum atomic E-state index is -0.543. The molecule has 1 saturated heterocycles. The average Bonchev–Trinajstić information content (AvgIpc) is 2.67. The minimum Gasteiger partial charge on any atom is -0.465 e. The summed E-state index contributed by atoms with van der Waals surface area (Å²) in [5.41, 5.74) is 0.663.